The van der Waals surface area contributed by atoms with Gasteiger partial charge in [0.25, 0.3) is 0 Å². The summed E-state index contributed by atoms with van der Waals surface area (Å²) < 4.78 is 40.2. The minimum Gasteiger partial charge on any atom is -0.355 e. The maximum absolute atomic E-state index is 13.4. The fourth-order valence-electron chi connectivity index (χ4n) is 4.58. The molecule has 2 aromatic heterocycles. The summed E-state index contributed by atoms with van der Waals surface area (Å²) in [5, 5.41) is 2.07. The molecule has 0 spiro atoms. The van der Waals surface area contributed by atoms with Crippen LogP contribution in [0.25, 0.3) is 0 Å². The van der Waals surface area contributed by atoms with Gasteiger partial charge in [-0.15, -0.1) is 11.3 Å². The van der Waals surface area contributed by atoms with Crippen LogP contribution < -0.4 is 4.90 Å². The predicted molar refractivity (Wildman–Crippen MR) is 107 cm³/mol. The molecule has 4 nitrogen and oxygen atoms in total. The number of anilines is 1. The van der Waals surface area contributed by atoms with Crippen LogP contribution in [0, 0.1) is 5.92 Å². The van der Waals surface area contributed by atoms with Crippen molar-refractivity contribution < 1.29 is 18.0 Å². The maximum Gasteiger partial charge on any atom is 0.419 e. The number of nitrogens with zero attached hydrogens (tertiary/aromatic N) is 3. The molecule has 2 aromatic rings. The molecule has 2 aliphatic rings. The molecule has 156 valence electrons. The summed E-state index contributed by atoms with van der Waals surface area (Å²) in [7, 11) is 0. The lowest BCUT2D eigenvalue weighted by molar-refractivity contribution is -0.139. The first kappa shape index (κ1) is 20.2. The molecule has 0 aromatic carbocycles. The third-order valence-electron chi connectivity index (χ3n) is 5.93. The van der Waals surface area contributed by atoms with Crippen LogP contribution in [-0.4, -0.2) is 35.4 Å². The number of thiophene rings is 1. The molecule has 0 N–H and O–H groups in total. The predicted octanol–water partition coefficient (Wildman–Crippen LogP) is 4.91. The van der Waals surface area contributed by atoms with Crippen molar-refractivity contribution in [3.05, 3.63) is 45.8 Å². The second kappa shape index (κ2) is 7.97. The van der Waals surface area contributed by atoms with E-state index in [2.05, 4.69) is 23.4 Å². The van der Waals surface area contributed by atoms with Gasteiger partial charge in [-0.2, -0.15) is 13.2 Å². The van der Waals surface area contributed by atoms with Crippen LogP contribution >= 0.6 is 11.3 Å². The zero-order valence-corrected chi connectivity index (χ0v) is 17.1. The highest BCUT2D eigenvalue weighted by atomic mass is 32.1. The summed E-state index contributed by atoms with van der Waals surface area (Å²) >= 11 is 1.73. The summed E-state index contributed by atoms with van der Waals surface area (Å²) in [6, 6.07) is 4.53. The van der Waals surface area contributed by atoms with Gasteiger partial charge in [-0.25, -0.2) is 4.98 Å². The Morgan fingerprint density at radius 2 is 2.14 bits per heavy atom. The number of hydrogen-bond donors (Lipinski definition) is 0. The lowest BCUT2D eigenvalue weighted by Gasteiger charge is -2.40. The molecule has 1 fully saturated rings. The van der Waals surface area contributed by atoms with E-state index in [0.717, 1.165) is 18.9 Å². The van der Waals surface area contributed by atoms with Gasteiger partial charge in [-0.1, -0.05) is 6.92 Å². The van der Waals surface area contributed by atoms with Crippen LogP contribution in [0.1, 0.15) is 48.2 Å². The second-order valence-corrected chi connectivity index (χ2v) is 8.66. The average molecular weight is 424 g/mol. The molecule has 2 atom stereocenters. The van der Waals surface area contributed by atoms with E-state index in [-0.39, 0.29) is 30.2 Å². The molecule has 8 heteroatoms. The normalized spacial score (nSPS) is 22.5. The van der Waals surface area contributed by atoms with Crippen LogP contribution in [0.5, 0.6) is 0 Å². The highest BCUT2D eigenvalue weighted by molar-refractivity contribution is 7.10. The molecular formula is C21H24F3N3OS. The number of pyridine rings is 1. The van der Waals surface area contributed by atoms with Gasteiger partial charge in [0.1, 0.15) is 5.82 Å². The van der Waals surface area contributed by atoms with Crippen LogP contribution in [0.3, 0.4) is 0 Å². The van der Waals surface area contributed by atoms with Crippen molar-refractivity contribution in [1.82, 2.24) is 9.88 Å². The summed E-state index contributed by atoms with van der Waals surface area (Å²) in [5.74, 6) is -0.313. The van der Waals surface area contributed by atoms with E-state index >= 15 is 0 Å². The van der Waals surface area contributed by atoms with E-state index < -0.39 is 11.7 Å². The maximum atomic E-state index is 13.4. The smallest absolute Gasteiger partial charge is 0.355 e. The van der Waals surface area contributed by atoms with Crippen molar-refractivity contribution in [1.29, 1.82) is 0 Å². The Balaban J connectivity index is 1.54. The molecule has 29 heavy (non-hydrogen) atoms. The third-order valence-corrected chi connectivity index (χ3v) is 6.92. The van der Waals surface area contributed by atoms with Gasteiger partial charge < -0.3 is 9.80 Å². The summed E-state index contributed by atoms with van der Waals surface area (Å²) in [5.41, 5.74) is 0.495. The minimum absolute atomic E-state index is 0.0582. The van der Waals surface area contributed by atoms with E-state index in [1.165, 1.54) is 22.7 Å². The molecule has 0 bridgehead atoms. The molecule has 0 saturated carbocycles. The quantitative estimate of drug-likeness (QED) is 0.704. The standard InChI is InChI=1S/C21H24F3N3OS/c1-2-17-15-8-12-29-18(15)7-11-27(17)20(28)14-5-4-10-26(13-14)19-16(21(22,23)24)6-3-9-25-19/h3,6,8-9,12,14,17H,2,4-5,7,10-11,13H2,1H3. The van der Waals surface area contributed by atoms with Gasteiger partial charge >= 0.3 is 6.18 Å². The Labute approximate surface area is 172 Å². The molecule has 0 aliphatic carbocycles. The number of carbonyl (C=O) groups excluding carboxylic acids is 1. The molecule has 4 heterocycles. The number of amides is 1. The molecule has 0 radical (unpaired) electrons. The highest BCUT2D eigenvalue weighted by Crippen LogP contribution is 2.39. The second-order valence-electron chi connectivity index (χ2n) is 7.66. The molecule has 1 amide bonds. The number of rotatable bonds is 3. The van der Waals surface area contributed by atoms with Gasteiger partial charge in [-0.05, 0) is 54.8 Å². The largest absolute Gasteiger partial charge is 0.419 e. The summed E-state index contributed by atoms with van der Waals surface area (Å²) in [6.45, 7) is 3.52. The fraction of sp³-hybridized carbons (Fsp3) is 0.524. The lowest BCUT2D eigenvalue weighted by Crippen LogP contribution is -2.48. The van der Waals surface area contributed by atoms with Gasteiger partial charge in [0, 0.05) is 30.7 Å². The fourth-order valence-corrected chi connectivity index (χ4v) is 5.50. The number of aromatic nitrogens is 1. The van der Waals surface area contributed by atoms with E-state index in [9.17, 15) is 18.0 Å². The summed E-state index contributed by atoms with van der Waals surface area (Å²) in [6.07, 6.45) is -0.0119. The zero-order chi connectivity index (χ0) is 20.6. The van der Waals surface area contributed by atoms with Crippen molar-refractivity contribution in [3.63, 3.8) is 0 Å². The number of hydrogen-bond acceptors (Lipinski definition) is 4. The van der Waals surface area contributed by atoms with Gasteiger partial charge in [0.2, 0.25) is 5.91 Å². The van der Waals surface area contributed by atoms with Gasteiger partial charge in [0.05, 0.1) is 17.5 Å². The van der Waals surface area contributed by atoms with E-state index in [0.29, 0.717) is 25.9 Å². The first-order chi connectivity index (χ1) is 13.9. The van der Waals surface area contributed by atoms with Gasteiger partial charge in [0.15, 0.2) is 0 Å². The number of alkyl halides is 3. The number of fused-ring (bicyclic) bond motifs is 1. The minimum atomic E-state index is -4.46. The van der Waals surface area contributed by atoms with E-state index in [4.69, 9.17) is 0 Å². The Hall–Kier alpha value is -2.09. The van der Waals surface area contributed by atoms with Crippen molar-refractivity contribution in [2.24, 2.45) is 5.92 Å². The van der Waals surface area contributed by atoms with Crippen LogP contribution in [0.15, 0.2) is 29.8 Å². The van der Waals surface area contributed by atoms with Crippen molar-refractivity contribution in [3.8, 4) is 0 Å². The van der Waals surface area contributed by atoms with Gasteiger partial charge in [-0.3, -0.25) is 4.79 Å². The zero-order valence-electron chi connectivity index (χ0n) is 16.3. The first-order valence-corrected chi connectivity index (χ1v) is 10.9. The molecule has 2 aliphatic heterocycles. The van der Waals surface area contributed by atoms with Crippen LogP contribution in [0.2, 0.25) is 0 Å². The monoisotopic (exact) mass is 423 g/mol. The van der Waals surface area contributed by atoms with Crippen LogP contribution in [-0.2, 0) is 17.4 Å². The number of halogens is 3. The molecular weight excluding hydrogens is 399 g/mol. The molecule has 2 unspecified atom stereocenters. The first-order valence-electron chi connectivity index (χ1n) is 10.0. The third kappa shape index (κ3) is 3.86. The van der Waals surface area contributed by atoms with Crippen LogP contribution in [0.4, 0.5) is 19.0 Å². The lowest BCUT2D eigenvalue weighted by atomic mass is 9.92. The Morgan fingerprint density at radius 1 is 1.31 bits per heavy atom. The topological polar surface area (TPSA) is 36.4 Å². The van der Waals surface area contributed by atoms with Crippen molar-refractivity contribution in [2.75, 3.05) is 24.5 Å². The average Bonchev–Trinajstić information content (AvgIpc) is 3.21. The van der Waals surface area contributed by atoms with Crippen molar-refractivity contribution in [2.45, 2.75) is 44.8 Å². The Morgan fingerprint density at radius 3 is 2.90 bits per heavy atom. The Bertz CT molecular complexity index is 882. The molecule has 1 saturated heterocycles. The number of carbonyl (C=O) groups is 1. The van der Waals surface area contributed by atoms with E-state index in [1.807, 2.05) is 4.90 Å². The Kier molecular flexibility index (Phi) is 5.55. The highest BCUT2D eigenvalue weighted by Gasteiger charge is 2.39. The summed E-state index contributed by atoms with van der Waals surface area (Å²) in [4.78, 5) is 22.3. The van der Waals surface area contributed by atoms with E-state index in [1.54, 1.807) is 16.2 Å². The number of piperidine rings is 1. The molecule has 4 rings (SSSR count). The SMILES string of the molecule is CCC1c2ccsc2CCN1C(=O)C1CCCN(c2ncccc2C(F)(F)F)C1. The van der Waals surface area contributed by atoms with Crippen molar-refractivity contribution >= 4 is 23.1 Å².